The van der Waals surface area contributed by atoms with E-state index < -0.39 is 16.1 Å². The molecule has 12 heteroatoms. The van der Waals surface area contributed by atoms with Gasteiger partial charge in [0.2, 0.25) is 28.6 Å². The fourth-order valence-corrected chi connectivity index (χ4v) is 6.35. The molecule has 2 amide bonds. The van der Waals surface area contributed by atoms with Gasteiger partial charge in [-0.2, -0.15) is 0 Å². The van der Waals surface area contributed by atoms with Gasteiger partial charge in [0, 0.05) is 47.2 Å². The van der Waals surface area contributed by atoms with E-state index in [0.717, 1.165) is 31.9 Å². The summed E-state index contributed by atoms with van der Waals surface area (Å²) in [5.41, 5.74) is 0.964. The van der Waals surface area contributed by atoms with E-state index in [0.29, 0.717) is 32.8 Å². The Morgan fingerprint density at radius 3 is 2.41 bits per heavy atom. The first-order chi connectivity index (χ1) is 18.5. The number of fused-ring (bicyclic) bond motifs is 1. The largest absolute Gasteiger partial charge is 0.454 e. The maximum Gasteiger partial charge on any atom is 0.242 e. The van der Waals surface area contributed by atoms with Crippen LogP contribution in [0.4, 0.5) is 5.69 Å². The number of hydrogen-bond acceptors (Lipinski definition) is 6. The number of benzene rings is 2. The van der Waals surface area contributed by atoms with Crippen molar-refractivity contribution < 1.29 is 27.5 Å². The molecular formula is C27H33Cl2N3O6S. The van der Waals surface area contributed by atoms with Crippen LogP contribution in [-0.2, 0) is 26.2 Å². The average Bonchev–Trinajstić information content (AvgIpc) is 3.57. The molecule has 2 aromatic rings. The van der Waals surface area contributed by atoms with Gasteiger partial charge >= 0.3 is 0 Å². The minimum atomic E-state index is -3.64. The Kier molecular flexibility index (Phi) is 9.51. The molecule has 2 aromatic carbocycles. The van der Waals surface area contributed by atoms with Crippen molar-refractivity contribution in [1.82, 2.24) is 10.2 Å². The molecule has 1 heterocycles. The third-order valence-electron chi connectivity index (χ3n) is 7.06. The SMILES string of the molecule is C[C@@H](C(=O)NC1CCCC1)N(Cc1c(Cl)cccc1Cl)C(=O)CCCN(c1ccc2c(c1)OCO2)S(C)(=O)=O. The quantitative estimate of drug-likeness (QED) is 0.401. The zero-order valence-electron chi connectivity index (χ0n) is 22.0. The van der Waals surface area contributed by atoms with Gasteiger partial charge in [-0.05, 0) is 50.5 Å². The first-order valence-electron chi connectivity index (χ1n) is 12.9. The van der Waals surface area contributed by atoms with Gasteiger partial charge in [-0.25, -0.2) is 8.42 Å². The first-order valence-corrected chi connectivity index (χ1v) is 15.5. The molecular weight excluding hydrogens is 565 g/mol. The molecule has 1 N–H and O–H groups in total. The second-order valence-corrected chi connectivity index (χ2v) is 12.6. The average molecular weight is 599 g/mol. The third-order valence-corrected chi connectivity index (χ3v) is 8.96. The number of ether oxygens (including phenoxy) is 2. The van der Waals surface area contributed by atoms with Gasteiger partial charge in [0.1, 0.15) is 6.04 Å². The van der Waals surface area contributed by atoms with Crippen molar-refractivity contribution in [3.63, 3.8) is 0 Å². The predicted octanol–water partition coefficient (Wildman–Crippen LogP) is 4.74. The molecule has 212 valence electrons. The highest BCUT2D eigenvalue weighted by molar-refractivity contribution is 7.92. The van der Waals surface area contributed by atoms with E-state index in [1.54, 1.807) is 43.3 Å². The van der Waals surface area contributed by atoms with E-state index in [-0.39, 0.29) is 50.6 Å². The van der Waals surface area contributed by atoms with Crippen LogP contribution in [0.15, 0.2) is 36.4 Å². The molecule has 1 atom stereocenters. The molecule has 9 nitrogen and oxygen atoms in total. The summed E-state index contributed by atoms with van der Waals surface area (Å²) >= 11 is 12.8. The summed E-state index contributed by atoms with van der Waals surface area (Å²) in [5, 5.41) is 3.85. The Morgan fingerprint density at radius 1 is 1.08 bits per heavy atom. The van der Waals surface area contributed by atoms with Crippen molar-refractivity contribution in [2.24, 2.45) is 0 Å². The number of amides is 2. The summed E-state index contributed by atoms with van der Waals surface area (Å²) in [6.45, 7) is 1.87. The first kappa shape index (κ1) is 29.3. The zero-order valence-corrected chi connectivity index (χ0v) is 24.3. The van der Waals surface area contributed by atoms with Crippen LogP contribution in [0.1, 0.15) is 51.0 Å². The van der Waals surface area contributed by atoms with Crippen molar-refractivity contribution in [2.45, 2.75) is 64.1 Å². The normalized spacial score (nSPS) is 15.7. The lowest BCUT2D eigenvalue weighted by molar-refractivity contribution is -0.140. The van der Waals surface area contributed by atoms with E-state index in [1.807, 2.05) is 0 Å². The van der Waals surface area contributed by atoms with E-state index >= 15 is 0 Å². The van der Waals surface area contributed by atoms with Crippen LogP contribution in [0, 0.1) is 0 Å². The lowest BCUT2D eigenvalue weighted by Crippen LogP contribution is -2.49. The van der Waals surface area contributed by atoms with E-state index in [2.05, 4.69) is 5.32 Å². The second kappa shape index (κ2) is 12.7. The number of nitrogens with one attached hydrogen (secondary N) is 1. The van der Waals surface area contributed by atoms with E-state index in [1.165, 1.54) is 9.21 Å². The van der Waals surface area contributed by atoms with Crippen LogP contribution < -0.4 is 19.1 Å². The topological polar surface area (TPSA) is 105 Å². The number of carbonyl (C=O) groups is 2. The number of anilines is 1. The van der Waals surface area contributed by atoms with Gasteiger partial charge in [-0.1, -0.05) is 42.1 Å². The van der Waals surface area contributed by atoms with Gasteiger partial charge in [0.15, 0.2) is 11.5 Å². The molecule has 4 rings (SSSR count). The van der Waals surface area contributed by atoms with Crippen molar-refractivity contribution in [1.29, 1.82) is 0 Å². The van der Waals surface area contributed by atoms with Crippen molar-refractivity contribution in [3.05, 3.63) is 52.0 Å². The number of rotatable bonds is 11. The highest BCUT2D eigenvalue weighted by Crippen LogP contribution is 2.36. The molecule has 1 fully saturated rings. The fourth-order valence-electron chi connectivity index (χ4n) is 4.87. The summed E-state index contributed by atoms with van der Waals surface area (Å²) in [5.74, 6) is 0.457. The summed E-state index contributed by atoms with van der Waals surface area (Å²) in [4.78, 5) is 28.1. The molecule has 1 aliphatic carbocycles. The number of nitrogens with zero attached hydrogens (tertiary/aromatic N) is 2. The smallest absolute Gasteiger partial charge is 0.242 e. The Morgan fingerprint density at radius 2 is 1.74 bits per heavy atom. The van der Waals surface area contributed by atoms with Crippen molar-refractivity contribution >= 4 is 50.7 Å². The Balaban J connectivity index is 1.48. The maximum absolute atomic E-state index is 13.5. The Bertz CT molecular complexity index is 1300. The Labute approximate surface area is 239 Å². The molecule has 0 spiro atoms. The minimum Gasteiger partial charge on any atom is -0.454 e. The molecule has 0 aromatic heterocycles. The number of hydrogen-bond donors (Lipinski definition) is 1. The highest BCUT2D eigenvalue weighted by Gasteiger charge is 2.30. The minimum absolute atomic E-state index is 0.0136. The molecule has 1 saturated carbocycles. The third kappa shape index (κ3) is 7.29. The molecule has 1 aliphatic heterocycles. The lowest BCUT2D eigenvalue weighted by atomic mass is 10.1. The number of halogens is 2. The number of carbonyl (C=O) groups excluding carboxylic acids is 2. The fraction of sp³-hybridized carbons (Fsp3) is 0.481. The van der Waals surface area contributed by atoms with Gasteiger partial charge in [-0.3, -0.25) is 13.9 Å². The summed E-state index contributed by atoms with van der Waals surface area (Å²) in [6, 6.07) is 9.31. The molecule has 2 aliphatic rings. The monoisotopic (exact) mass is 597 g/mol. The highest BCUT2D eigenvalue weighted by atomic mass is 35.5. The second-order valence-electron chi connectivity index (χ2n) is 9.86. The standard InChI is InChI=1S/C27H33Cl2N3O6S/c1-18(27(34)30-19-7-3-4-8-19)31(16-21-22(28)9-5-10-23(21)29)26(33)11-6-14-32(39(2,35)36)20-12-13-24-25(15-20)38-17-37-24/h5,9-10,12-13,15,18-19H,3-4,6-8,11,14,16-17H2,1-2H3,(H,30,34)/t18-/m0/s1. The molecule has 0 unspecified atom stereocenters. The van der Waals surface area contributed by atoms with Gasteiger partial charge in [0.05, 0.1) is 11.9 Å². The van der Waals surface area contributed by atoms with E-state index in [9.17, 15) is 18.0 Å². The number of sulfonamides is 1. The zero-order chi connectivity index (χ0) is 28.2. The van der Waals surface area contributed by atoms with Crippen molar-refractivity contribution in [2.75, 3.05) is 23.9 Å². The lowest BCUT2D eigenvalue weighted by Gasteiger charge is -2.30. The van der Waals surface area contributed by atoms with Gasteiger partial charge < -0.3 is 19.7 Å². The van der Waals surface area contributed by atoms with Gasteiger partial charge in [-0.15, -0.1) is 0 Å². The van der Waals surface area contributed by atoms with Crippen molar-refractivity contribution in [3.8, 4) is 11.5 Å². The summed E-state index contributed by atoms with van der Waals surface area (Å²) < 4.78 is 37.1. The predicted molar refractivity (Wildman–Crippen MR) is 151 cm³/mol. The van der Waals surface area contributed by atoms with E-state index in [4.69, 9.17) is 32.7 Å². The molecule has 39 heavy (non-hydrogen) atoms. The molecule has 0 saturated heterocycles. The van der Waals surface area contributed by atoms with Crippen LogP contribution in [0.25, 0.3) is 0 Å². The van der Waals surface area contributed by atoms with Crippen LogP contribution >= 0.6 is 23.2 Å². The summed E-state index contributed by atoms with van der Waals surface area (Å²) in [6.07, 6.45) is 5.33. The van der Waals surface area contributed by atoms with Crippen LogP contribution in [0.2, 0.25) is 10.0 Å². The molecule has 0 bridgehead atoms. The van der Waals surface area contributed by atoms with Crippen LogP contribution in [0.5, 0.6) is 11.5 Å². The van der Waals surface area contributed by atoms with Crippen LogP contribution in [0.3, 0.4) is 0 Å². The van der Waals surface area contributed by atoms with Crippen LogP contribution in [-0.4, -0.2) is 56.8 Å². The molecule has 0 radical (unpaired) electrons. The van der Waals surface area contributed by atoms with Gasteiger partial charge in [0.25, 0.3) is 0 Å². The summed E-state index contributed by atoms with van der Waals surface area (Å²) in [7, 11) is -3.64. The maximum atomic E-state index is 13.5. The Hall–Kier alpha value is -2.69.